The molecule has 0 aromatic heterocycles. The summed E-state index contributed by atoms with van der Waals surface area (Å²) >= 11 is 0. The van der Waals surface area contributed by atoms with Gasteiger partial charge in [0.05, 0.1) is 26.4 Å². The lowest BCUT2D eigenvalue weighted by Crippen LogP contribution is -2.30. The number of phosphoric acid groups is 2. The monoisotopic (exact) mass is 1400 g/mol. The SMILES string of the molecule is CCCCCCCCCCCCCCCCCCCC(=O)O[C@H](COC(=O)CCCCCCCCCCCCCCC(C)C)COP(=O)(O)OC[C@@H](O)COP(=O)(O)OC[C@@H](COC(=O)CCCCCCCCCC)OC(=O)CCCCCCCCCCCCCCCCC. The molecule has 3 N–H and O–H groups in total. The smallest absolute Gasteiger partial charge is 0.462 e. The van der Waals surface area contributed by atoms with E-state index in [1.165, 1.54) is 218 Å². The van der Waals surface area contributed by atoms with E-state index in [1.54, 1.807) is 0 Å². The summed E-state index contributed by atoms with van der Waals surface area (Å²) in [7, 11) is -9.91. The molecule has 0 spiro atoms. The Bertz CT molecular complexity index is 1820. The third kappa shape index (κ3) is 70.3. The van der Waals surface area contributed by atoms with E-state index in [1.807, 2.05) is 0 Å². The normalized spacial score (nSPS) is 13.9. The average molecular weight is 1400 g/mol. The molecule has 0 aromatic carbocycles. The van der Waals surface area contributed by atoms with Crippen LogP contribution >= 0.6 is 15.6 Å². The quantitative estimate of drug-likeness (QED) is 0.0222. The first-order valence-corrected chi connectivity index (χ1v) is 42.6. The number of esters is 4. The van der Waals surface area contributed by atoms with E-state index in [0.29, 0.717) is 25.7 Å². The molecule has 0 aliphatic heterocycles. The van der Waals surface area contributed by atoms with Crippen LogP contribution in [0.2, 0.25) is 0 Å². The van der Waals surface area contributed by atoms with Crippen LogP contribution in [0.15, 0.2) is 0 Å². The predicted octanol–water partition coefficient (Wildman–Crippen LogP) is 22.5. The van der Waals surface area contributed by atoms with E-state index in [2.05, 4.69) is 34.6 Å². The molecular weight excluding hydrogens is 1250 g/mol. The summed E-state index contributed by atoms with van der Waals surface area (Å²) in [6, 6.07) is 0. The molecule has 0 radical (unpaired) electrons. The molecular formula is C76H148O17P2. The maximum atomic E-state index is 13.1. The van der Waals surface area contributed by atoms with Crippen LogP contribution < -0.4 is 0 Å². The van der Waals surface area contributed by atoms with Crippen molar-refractivity contribution < 1.29 is 80.2 Å². The van der Waals surface area contributed by atoms with Gasteiger partial charge in [-0.2, -0.15) is 0 Å². The molecule has 0 aromatic rings. The Balaban J connectivity index is 5.21. The molecule has 0 bridgehead atoms. The zero-order valence-electron chi connectivity index (χ0n) is 61.8. The number of carbonyl (C=O) groups is 4. The molecule has 0 fully saturated rings. The van der Waals surface area contributed by atoms with Crippen molar-refractivity contribution >= 4 is 39.5 Å². The highest BCUT2D eigenvalue weighted by molar-refractivity contribution is 7.47. The molecule has 17 nitrogen and oxygen atoms in total. The van der Waals surface area contributed by atoms with Crippen LogP contribution in [0, 0.1) is 5.92 Å². The summed E-state index contributed by atoms with van der Waals surface area (Å²) in [4.78, 5) is 72.7. The first-order valence-electron chi connectivity index (χ1n) is 39.6. The number of unbranched alkanes of at least 4 members (excludes halogenated alkanes) is 48. The number of aliphatic hydroxyl groups excluding tert-OH is 1. The van der Waals surface area contributed by atoms with Gasteiger partial charge in [-0.25, -0.2) is 9.13 Å². The van der Waals surface area contributed by atoms with Crippen molar-refractivity contribution in [2.24, 2.45) is 5.92 Å². The lowest BCUT2D eigenvalue weighted by Gasteiger charge is -2.21. The van der Waals surface area contributed by atoms with E-state index in [9.17, 15) is 43.2 Å². The van der Waals surface area contributed by atoms with Gasteiger partial charge in [0.25, 0.3) is 0 Å². The van der Waals surface area contributed by atoms with Crippen molar-refractivity contribution in [3.05, 3.63) is 0 Å². The first kappa shape index (κ1) is 93.1. The van der Waals surface area contributed by atoms with E-state index < -0.39 is 97.5 Å². The number of aliphatic hydroxyl groups is 1. The van der Waals surface area contributed by atoms with Gasteiger partial charge in [0, 0.05) is 25.7 Å². The second-order valence-corrected chi connectivity index (χ2v) is 30.8. The molecule has 0 amide bonds. The van der Waals surface area contributed by atoms with Gasteiger partial charge in [0.15, 0.2) is 12.2 Å². The lowest BCUT2D eigenvalue weighted by atomic mass is 10.0. The third-order valence-corrected chi connectivity index (χ3v) is 19.7. The second-order valence-electron chi connectivity index (χ2n) is 27.9. The molecule has 19 heteroatoms. The van der Waals surface area contributed by atoms with Gasteiger partial charge in [-0.1, -0.05) is 349 Å². The van der Waals surface area contributed by atoms with Gasteiger partial charge in [-0.3, -0.25) is 37.3 Å². The van der Waals surface area contributed by atoms with Crippen molar-refractivity contribution in [2.45, 2.75) is 419 Å². The Labute approximate surface area is 581 Å². The zero-order valence-corrected chi connectivity index (χ0v) is 63.6. The summed E-state index contributed by atoms with van der Waals surface area (Å²) in [6.45, 7) is 7.29. The fourth-order valence-corrected chi connectivity index (χ4v) is 13.3. The Morgan fingerprint density at radius 2 is 0.484 bits per heavy atom. The topological polar surface area (TPSA) is 237 Å². The summed E-state index contributed by atoms with van der Waals surface area (Å²) in [6.07, 6.45) is 58.2. The molecule has 0 saturated heterocycles. The predicted molar refractivity (Wildman–Crippen MR) is 386 cm³/mol. The zero-order chi connectivity index (χ0) is 69.8. The molecule has 564 valence electrons. The van der Waals surface area contributed by atoms with Gasteiger partial charge >= 0.3 is 39.5 Å². The Kier molecular flexibility index (Phi) is 67.7. The maximum Gasteiger partial charge on any atom is 0.472 e. The third-order valence-electron chi connectivity index (χ3n) is 17.8. The molecule has 5 atom stereocenters. The maximum absolute atomic E-state index is 13.1. The van der Waals surface area contributed by atoms with Crippen molar-refractivity contribution in [1.82, 2.24) is 0 Å². The van der Waals surface area contributed by atoms with Crippen LogP contribution in [-0.2, 0) is 65.4 Å². The number of hydrogen-bond donors (Lipinski definition) is 3. The largest absolute Gasteiger partial charge is 0.472 e. The Morgan fingerprint density at radius 3 is 0.716 bits per heavy atom. The molecule has 0 saturated carbocycles. The van der Waals surface area contributed by atoms with Gasteiger partial charge in [0.2, 0.25) is 0 Å². The fourth-order valence-electron chi connectivity index (χ4n) is 11.7. The van der Waals surface area contributed by atoms with Crippen molar-refractivity contribution in [3.8, 4) is 0 Å². The number of carbonyl (C=O) groups excluding carboxylic acids is 4. The van der Waals surface area contributed by atoms with Crippen molar-refractivity contribution in [3.63, 3.8) is 0 Å². The van der Waals surface area contributed by atoms with Crippen LogP contribution in [-0.4, -0.2) is 96.7 Å². The molecule has 95 heavy (non-hydrogen) atoms. The van der Waals surface area contributed by atoms with E-state index in [4.69, 9.17) is 37.0 Å². The number of rotatable bonds is 76. The van der Waals surface area contributed by atoms with Crippen LogP contribution in [0.5, 0.6) is 0 Å². The molecule has 0 rings (SSSR count). The highest BCUT2D eigenvalue weighted by Gasteiger charge is 2.30. The Hall–Kier alpha value is -1.94. The molecule has 0 heterocycles. The Morgan fingerprint density at radius 1 is 0.284 bits per heavy atom. The van der Waals surface area contributed by atoms with E-state index >= 15 is 0 Å². The summed E-state index contributed by atoms with van der Waals surface area (Å²) in [5.74, 6) is -1.33. The van der Waals surface area contributed by atoms with Crippen molar-refractivity contribution in [2.75, 3.05) is 39.6 Å². The minimum absolute atomic E-state index is 0.108. The summed E-state index contributed by atoms with van der Waals surface area (Å²) in [5, 5.41) is 10.6. The second kappa shape index (κ2) is 69.2. The number of phosphoric ester groups is 2. The molecule has 0 aliphatic rings. The van der Waals surface area contributed by atoms with E-state index in [0.717, 1.165) is 102 Å². The summed E-state index contributed by atoms with van der Waals surface area (Å²) < 4.78 is 68.5. The van der Waals surface area contributed by atoms with Crippen LogP contribution in [0.1, 0.15) is 401 Å². The van der Waals surface area contributed by atoms with E-state index in [-0.39, 0.29) is 25.7 Å². The minimum Gasteiger partial charge on any atom is -0.462 e. The number of hydrogen-bond acceptors (Lipinski definition) is 15. The van der Waals surface area contributed by atoms with Gasteiger partial charge in [-0.15, -0.1) is 0 Å². The van der Waals surface area contributed by atoms with Crippen LogP contribution in [0.4, 0.5) is 0 Å². The standard InChI is InChI=1S/C76H148O17P2/c1-6-9-12-15-18-21-23-25-27-28-30-32-38-42-47-52-57-62-76(81)93-72(66-87-74(79)60-55-50-45-40-36-34-33-35-39-43-48-53-58-69(4)5)68-91-95(84,85)89-64-70(77)63-88-94(82,83)90-67-71(65-86-73(78)59-54-49-44-20-17-14-11-8-3)92-75(80)61-56-51-46-41-37-31-29-26-24-22-19-16-13-10-7-2/h69-72,77H,6-68H2,1-5H3,(H,82,83)(H,84,85)/t70-,71+,72+/m0/s1. The van der Waals surface area contributed by atoms with Gasteiger partial charge in [-0.05, 0) is 31.6 Å². The highest BCUT2D eigenvalue weighted by Crippen LogP contribution is 2.45. The fraction of sp³-hybridized carbons (Fsp3) is 0.947. The number of ether oxygens (including phenoxy) is 4. The van der Waals surface area contributed by atoms with Gasteiger partial charge in [0.1, 0.15) is 19.3 Å². The van der Waals surface area contributed by atoms with Gasteiger partial charge < -0.3 is 33.8 Å². The first-order chi connectivity index (χ1) is 46.0. The minimum atomic E-state index is -4.96. The van der Waals surface area contributed by atoms with Crippen molar-refractivity contribution in [1.29, 1.82) is 0 Å². The van der Waals surface area contributed by atoms with Crippen LogP contribution in [0.25, 0.3) is 0 Å². The summed E-state index contributed by atoms with van der Waals surface area (Å²) in [5.41, 5.74) is 0. The molecule has 2 unspecified atom stereocenters. The average Bonchev–Trinajstić information content (AvgIpc) is 1.88. The van der Waals surface area contributed by atoms with Crippen LogP contribution in [0.3, 0.4) is 0 Å². The molecule has 0 aliphatic carbocycles. The lowest BCUT2D eigenvalue weighted by molar-refractivity contribution is -0.161. The highest BCUT2D eigenvalue weighted by atomic mass is 31.2.